The molecule has 0 aliphatic rings. The summed E-state index contributed by atoms with van der Waals surface area (Å²) in [5.41, 5.74) is 8.45. The number of fused-ring (bicyclic) bond motifs is 12. The van der Waals surface area contributed by atoms with E-state index in [2.05, 4.69) is 121 Å². The van der Waals surface area contributed by atoms with E-state index in [0.29, 0.717) is 0 Å². The number of thiophene rings is 1. The van der Waals surface area contributed by atoms with Crippen molar-refractivity contribution in [2.75, 3.05) is 0 Å². The van der Waals surface area contributed by atoms with Crippen molar-refractivity contribution < 1.29 is 8.83 Å². The monoisotopic (exact) mass is 616 g/mol. The molecule has 0 saturated carbocycles. The molecule has 0 saturated heterocycles. The van der Waals surface area contributed by atoms with Crippen molar-refractivity contribution in [3.8, 4) is 22.3 Å². The molecule has 8 aromatic carbocycles. The second-order valence-electron chi connectivity index (χ2n) is 12.4. The van der Waals surface area contributed by atoms with Gasteiger partial charge in [-0.2, -0.15) is 0 Å². The standard InChI is InChI=1S/C44H24O2S/c1-3-12-31-29(10-1)41(25-18-20-36-34(23-25)44-38(46-36)22-21-37-43(44)33-14-5-7-15-35(33)45-37)30-11-2-4-13-32(30)42(31)26-17-19-28-27-9-6-8-16-39(27)47-40(28)24-26/h1-24H. The van der Waals surface area contributed by atoms with Crippen molar-refractivity contribution in [1.82, 2.24) is 0 Å². The van der Waals surface area contributed by atoms with Crippen LogP contribution in [0.5, 0.6) is 0 Å². The highest BCUT2D eigenvalue weighted by atomic mass is 32.1. The van der Waals surface area contributed by atoms with Crippen molar-refractivity contribution in [2.45, 2.75) is 0 Å². The number of rotatable bonds is 2. The molecule has 0 bridgehead atoms. The predicted octanol–water partition coefficient (Wildman–Crippen LogP) is 13.5. The van der Waals surface area contributed by atoms with Gasteiger partial charge >= 0.3 is 0 Å². The molecule has 0 spiro atoms. The van der Waals surface area contributed by atoms with Crippen LogP contribution in [0.15, 0.2) is 154 Å². The lowest BCUT2D eigenvalue weighted by atomic mass is 9.85. The zero-order valence-electron chi connectivity index (χ0n) is 25.1. The largest absolute Gasteiger partial charge is 0.456 e. The molecule has 0 aliphatic heterocycles. The van der Waals surface area contributed by atoms with Gasteiger partial charge in [0.05, 0.1) is 0 Å². The third-order valence-electron chi connectivity index (χ3n) is 9.86. The van der Waals surface area contributed by atoms with Crippen LogP contribution in [-0.2, 0) is 0 Å². The molecule has 0 amide bonds. The quantitative estimate of drug-likeness (QED) is 0.181. The van der Waals surface area contributed by atoms with Gasteiger partial charge in [-0.1, -0.05) is 103 Å². The summed E-state index contributed by atoms with van der Waals surface area (Å²) in [7, 11) is 0. The summed E-state index contributed by atoms with van der Waals surface area (Å²) in [5, 5.41) is 12.0. The molecule has 0 fully saturated rings. The van der Waals surface area contributed by atoms with Gasteiger partial charge in [-0.05, 0) is 86.3 Å². The summed E-state index contributed by atoms with van der Waals surface area (Å²) >= 11 is 1.87. The van der Waals surface area contributed by atoms with E-state index in [-0.39, 0.29) is 0 Å². The minimum Gasteiger partial charge on any atom is -0.456 e. The summed E-state index contributed by atoms with van der Waals surface area (Å²) in [5.74, 6) is 0. The third-order valence-corrected chi connectivity index (χ3v) is 11.0. The molecule has 218 valence electrons. The van der Waals surface area contributed by atoms with E-state index in [1.165, 1.54) is 64.0 Å². The molecule has 11 rings (SSSR count). The van der Waals surface area contributed by atoms with Crippen molar-refractivity contribution in [3.63, 3.8) is 0 Å². The van der Waals surface area contributed by atoms with Crippen LogP contribution in [0.4, 0.5) is 0 Å². The van der Waals surface area contributed by atoms with Gasteiger partial charge in [0.2, 0.25) is 0 Å². The first-order valence-electron chi connectivity index (χ1n) is 15.9. The molecule has 2 nitrogen and oxygen atoms in total. The van der Waals surface area contributed by atoms with Crippen LogP contribution in [0.1, 0.15) is 0 Å². The Morgan fingerprint density at radius 1 is 0.319 bits per heavy atom. The topological polar surface area (TPSA) is 26.3 Å². The van der Waals surface area contributed by atoms with Crippen molar-refractivity contribution >= 4 is 96.9 Å². The molecular formula is C44H24O2S. The van der Waals surface area contributed by atoms with E-state index in [1.807, 2.05) is 35.6 Å². The summed E-state index contributed by atoms with van der Waals surface area (Å²) in [4.78, 5) is 0. The molecule has 47 heavy (non-hydrogen) atoms. The number of furan rings is 2. The molecule has 3 aromatic heterocycles. The third kappa shape index (κ3) is 3.49. The van der Waals surface area contributed by atoms with Gasteiger partial charge in [-0.25, -0.2) is 0 Å². The summed E-state index contributed by atoms with van der Waals surface area (Å²) < 4.78 is 15.3. The Kier molecular flexibility index (Phi) is 5.02. The summed E-state index contributed by atoms with van der Waals surface area (Å²) in [6, 6.07) is 52.5. The van der Waals surface area contributed by atoms with Gasteiger partial charge in [0.25, 0.3) is 0 Å². The predicted molar refractivity (Wildman–Crippen MR) is 200 cm³/mol. The lowest BCUT2D eigenvalue weighted by molar-refractivity contribution is 0.663. The highest BCUT2D eigenvalue weighted by Crippen LogP contribution is 2.47. The van der Waals surface area contributed by atoms with E-state index >= 15 is 0 Å². The molecule has 3 heterocycles. The maximum absolute atomic E-state index is 6.44. The van der Waals surface area contributed by atoms with Crippen molar-refractivity contribution in [3.05, 3.63) is 146 Å². The van der Waals surface area contributed by atoms with E-state index in [1.54, 1.807) is 0 Å². The van der Waals surface area contributed by atoms with Crippen LogP contribution in [0.2, 0.25) is 0 Å². The van der Waals surface area contributed by atoms with Crippen LogP contribution in [-0.4, -0.2) is 0 Å². The highest BCUT2D eigenvalue weighted by molar-refractivity contribution is 7.25. The minimum atomic E-state index is 0.873. The second-order valence-corrected chi connectivity index (χ2v) is 13.5. The molecule has 0 N–H and O–H groups in total. The second kappa shape index (κ2) is 9.32. The minimum absolute atomic E-state index is 0.873. The molecule has 11 aromatic rings. The fourth-order valence-corrected chi connectivity index (χ4v) is 9.02. The van der Waals surface area contributed by atoms with E-state index in [4.69, 9.17) is 8.83 Å². The van der Waals surface area contributed by atoms with Crippen molar-refractivity contribution in [1.29, 1.82) is 0 Å². The Hall–Kier alpha value is -5.90. The Balaban J connectivity index is 1.22. The number of para-hydroxylation sites is 1. The zero-order valence-corrected chi connectivity index (χ0v) is 25.9. The molecule has 0 atom stereocenters. The number of hydrogen-bond donors (Lipinski definition) is 0. The lowest BCUT2D eigenvalue weighted by Gasteiger charge is -2.18. The first kappa shape index (κ1) is 25.3. The molecule has 0 unspecified atom stereocenters. The Morgan fingerprint density at radius 3 is 1.47 bits per heavy atom. The Bertz CT molecular complexity index is 3020. The van der Waals surface area contributed by atoms with Gasteiger partial charge in [0.1, 0.15) is 22.3 Å². The first-order chi connectivity index (χ1) is 23.3. The zero-order chi connectivity index (χ0) is 30.6. The number of benzene rings is 8. The average Bonchev–Trinajstić information content (AvgIpc) is 3.80. The first-order valence-corrected chi connectivity index (χ1v) is 16.7. The Labute approximate surface area is 272 Å². The fourth-order valence-electron chi connectivity index (χ4n) is 7.87. The van der Waals surface area contributed by atoms with Crippen LogP contribution >= 0.6 is 11.3 Å². The van der Waals surface area contributed by atoms with Crippen molar-refractivity contribution in [2.24, 2.45) is 0 Å². The van der Waals surface area contributed by atoms with E-state index in [9.17, 15) is 0 Å². The van der Waals surface area contributed by atoms with Gasteiger partial charge in [-0.15, -0.1) is 11.3 Å². The molecular weight excluding hydrogens is 593 g/mol. The normalized spacial score (nSPS) is 12.3. The van der Waals surface area contributed by atoms with Crippen LogP contribution in [0.3, 0.4) is 0 Å². The maximum Gasteiger partial charge on any atom is 0.136 e. The van der Waals surface area contributed by atoms with Gasteiger partial charge in [0.15, 0.2) is 0 Å². The van der Waals surface area contributed by atoms with Crippen LogP contribution < -0.4 is 0 Å². The SMILES string of the molecule is c1ccc2c(c1)oc1ccc3oc4ccc(-c5c6ccccc6c(-c6ccc7c(c6)sc6ccccc67)c6ccccc56)cc4c3c12. The average molecular weight is 617 g/mol. The molecule has 0 radical (unpaired) electrons. The van der Waals surface area contributed by atoms with Crippen LogP contribution in [0, 0.1) is 0 Å². The highest BCUT2D eigenvalue weighted by Gasteiger charge is 2.20. The number of hydrogen-bond acceptors (Lipinski definition) is 3. The molecule has 0 aliphatic carbocycles. The maximum atomic E-state index is 6.44. The summed E-state index contributed by atoms with van der Waals surface area (Å²) in [6.07, 6.45) is 0. The van der Waals surface area contributed by atoms with Gasteiger partial charge < -0.3 is 8.83 Å². The fraction of sp³-hybridized carbons (Fsp3) is 0. The van der Waals surface area contributed by atoms with Crippen LogP contribution in [0.25, 0.3) is 108 Å². The van der Waals surface area contributed by atoms with E-state index < -0.39 is 0 Å². The smallest absolute Gasteiger partial charge is 0.136 e. The van der Waals surface area contributed by atoms with E-state index in [0.717, 1.165) is 43.9 Å². The lowest BCUT2D eigenvalue weighted by Crippen LogP contribution is -1.90. The Morgan fingerprint density at radius 2 is 0.787 bits per heavy atom. The summed E-state index contributed by atoms with van der Waals surface area (Å²) in [6.45, 7) is 0. The van der Waals surface area contributed by atoms with Gasteiger partial charge in [0, 0.05) is 41.7 Å². The van der Waals surface area contributed by atoms with Gasteiger partial charge in [-0.3, -0.25) is 0 Å². The molecule has 3 heteroatoms.